The van der Waals surface area contributed by atoms with Crippen LogP contribution in [0.2, 0.25) is 0 Å². The number of nitriles is 1. The lowest BCUT2D eigenvalue weighted by Gasteiger charge is -2.13. The lowest BCUT2D eigenvalue weighted by atomic mass is 10.2. The maximum Gasteiger partial charge on any atom is 0.175 e. The Morgan fingerprint density at radius 2 is 2.10 bits per heavy atom. The molecule has 2 aromatic rings. The summed E-state index contributed by atoms with van der Waals surface area (Å²) in [4.78, 5) is 0. The number of ether oxygens (including phenoxy) is 2. The van der Waals surface area contributed by atoms with Crippen molar-refractivity contribution in [1.82, 2.24) is 0 Å². The quantitative estimate of drug-likeness (QED) is 0.652. The van der Waals surface area contributed by atoms with Gasteiger partial charge >= 0.3 is 0 Å². The van der Waals surface area contributed by atoms with Crippen LogP contribution in [0.5, 0.6) is 11.5 Å². The predicted molar refractivity (Wildman–Crippen MR) is 88.9 cm³/mol. The highest BCUT2D eigenvalue weighted by atomic mass is 127. The molecule has 20 heavy (non-hydrogen) atoms. The molecule has 0 saturated carbocycles. The molecule has 0 bridgehead atoms. The number of hydrogen-bond acceptors (Lipinski definition) is 3. The first kappa shape index (κ1) is 15.1. The fourth-order valence-electron chi connectivity index (χ4n) is 1.71. The van der Waals surface area contributed by atoms with Crippen LogP contribution in [0, 0.1) is 14.9 Å². The molecule has 0 aliphatic rings. The summed E-state index contributed by atoms with van der Waals surface area (Å²) in [6, 6.07) is 13.5. The molecule has 0 aliphatic carbocycles. The SMILES string of the molecule is COc1cc(C#N)cc(I)c1OCc1cccc(Br)c1. The molecule has 3 nitrogen and oxygen atoms in total. The van der Waals surface area contributed by atoms with Crippen molar-refractivity contribution in [2.75, 3.05) is 7.11 Å². The van der Waals surface area contributed by atoms with E-state index in [2.05, 4.69) is 44.6 Å². The van der Waals surface area contributed by atoms with Crippen molar-refractivity contribution in [3.8, 4) is 17.6 Å². The van der Waals surface area contributed by atoms with Crippen molar-refractivity contribution in [1.29, 1.82) is 5.26 Å². The second-order valence-corrected chi connectivity index (χ2v) is 6.10. The average molecular weight is 444 g/mol. The van der Waals surface area contributed by atoms with Crippen LogP contribution >= 0.6 is 38.5 Å². The molecule has 0 unspecified atom stereocenters. The van der Waals surface area contributed by atoms with E-state index in [9.17, 15) is 0 Å². The van der Waals surface area contributed by atoms with Gasteiger partial charge in [0, 0.05) is 10.5 Å². The summed E-state index contributed by atoms with van der Waals surface area (Å²) in [7, 11) is 1.57. The van der Waals surface area contributed by atoms with E-state index in [1.54, 1.807) is 19.2 Å². The Kier molecular flexibility index (Phi) is 5.26. The Labute approximate surface area is 139 Å². The minimum Gasteiger partial charge on any atom is -0.493 e. The smallest absolute Gasteiger partial charge is 0.175 e. The van der Waals surface area contributed by atoms with Gasteiger partial charge in [-0.25, -0.2) is 0 Å². The Balaban J connectivity index is 2.23. The number of halogens is 2. The van der Waals surface area contributed by atoms with Gasteiger partial charge in [-0.3, -0.25) is 0 Å². The van der Waals surface area contributed by atoms with Gasteiger partial charge in [0.1, 0.15) is 6.61 Å². The van der Waals surface area contributed by atoms with Gasteiger partial charge in [0.25, 0.3) is 0 Å². The lowest BCUT2D eigenvalue weighted by molar-refractivity contribution is 0.282. The topological polar surface area (TPSA) is 42.2 Å². The number of hydrogen-bond donors (Lipinski definition) is 0. The van der Waals surface area contributed by atoms with E-state index in [-0.39, 0.29) is 0 Å². The van der Waals surface area contributed by atoms with Gasteiger partial charge < -0.3 is 9.47 Å². The summed E-state index contributed by atoms with van der Waals surface area (Å²) < 4.78 is 13.0. The van der Waals surface area contributed by atoms with Crippen molar-refractivity contribution in [2.45, 2.75) is 6.61 Å². The van der Waals surface area contributed by atoms with Crippen LogP contribution in [0.1, 0.15) is 11.1 Å². The molecule has 102 valence electrons. The summed E-state index contributed by atoms with van der Waals surface area (Å²) in [5, 5.41) is 8.96. The van der Waals surface area contributed by atoms with Crippen LogP contribution in [0.25, 0.3) is 0 Å². The highest BCUT2D eigenvalue weighted by Gasteiger charge is 2.11. The molecule has 0 aliphatic heterocycles. The fraction of sp³-hybridized carbons (Fsp3) is 0.133. The molecule has 0 radical (unpaired) electrons. The molecular formula is C15H11BrINO2. The van der Waals surface area contributed by atoms with Crippen LogP contribution in [0.15, 0.2) is 40.9 Å². The van der Waals surface area contributed by atoms with Gasteiger partial charge in [-0.05, 0) is 46.4 Å². The van der Waals surface area contributed by atoms with Crippen LogP contribution in [0.3, 0.4) is 0 Å². The van der Waals surface area contributed by atoms with Crippen LogP contribution in [-0.2, 0) is 6.61 Å². The molecule has 2 aromatic carbocycles. The molecule has 0 atom stereocenters. The highest BCUT2D eigenvalue weighted by molar-refractivity contribution is 14.1. The van der Waals surface area contributed by atoms with Gasteiger partial charge in [-0.15, -0.1) is 0 Å². The zero-order valence-electron chi connectivity index (χ0n) is 10.7. The second kappa shape index (κ2) is 6.95. The third-order valence-electron chi connectivity index (χ3n) is 2.63. The Morgan fingerprint density at radius 3 is 2.75 bits per heavy atom. The Hall–Kier alpha value is -1.26. The van der Waals surface area contributed by atoms with Crippen molar-refractivity contribution in [3.05, 3.63) is 55.6 Å². The number of nitrogens with zero attached hydrogens (tertiary/aromatic N) is 1. The zero-order valence-corrected chi connectivity index (χ0v) is 14.4. The summed E-state index contributed by atoms with van der Waals surface area (Å²) in [5.74, 6) is 1.23. The molecular weight excluding hydrogens is 433 g/mol. The van der Waals surface area contributed by atoms with E-state index < -0.39 is 0 Å². The first-order valence-electron chi connectivity index (χ1n) is 5.79. The number of rotatable bonds is 4. The number of methoxy groups -OCH3 is 1. The van der Waals surface area contributed by atoms with Gasteiger partial charge in [0.05, 0.1) is 22.3 Å². The standard InChI is InChI=1S/C15H11BrINO2/c1-19-14-7-11(8-18)6-13(17)15(14)20-9-10-3-2-4-12(16)5-10/h2-7H,9H2,1H3. The molecule has 0 N–H and O–H groups in total. The Bertz CT molecular complexity index is 667. The van der Waals surface area contributed by atoms with Crippen molar-refractivity contribution >= 4 is 38.5 Å². The van der Waals surface area contributed by atoms with E-state index in [0.29, 0.717) is 23.7 Å². The van der Waals surface area contributed by atoms with Crippen molar-refractivity contribution in [2.24, 2.45) is 0 Å². The summed E-state index contributed by atoms with van der Waals surface area (Å²) in [5.41, 5.74) is 1.61. The summed E-state index contributed by atoms with van der Waals surface area (Å²) in [6.07, 6.45) is 0. The van der Waals surface area contributed by atoms with Gasteiger partial charge in [0.2, 0.25) is 0 Å². The molecule has 0 heterocycles. The normalized spacial score (nSPS) is 9.90. The molecule has 0 saturated heterocycles. The molecule has 0 amide bonds. The maximum absolute atomic E-state index is 8.96. The first-order chi connectivity index (χ1) is 9.63. The van der Waals surface area contributed by atoms with Gasteiger partial charge in [-0.2, -0.15) is 5.26 Å². The van der Waals surface area contributed by atoms with Gasteiger partial charge in [-0.1, -0.05) is 28.1 Å². The molecule has 0 fully saturated rings. The third kappa shape index (κ3) is 3.64. The largest absolute Gasteiger partial charge is 0.493 e. The fourth-order valence-corrected chi connectivity index (χ4v) is 2.91. The minimum atomic E-state index is 0.442. The van der Waals surface area contributed by atoms with Crippen molar-refractivity contribution in [3.63, 3.8) is 0 Å². The van der Waals surface area contributed by atoms with E-state index >= 15 is 0 Å². The zero-order chi connectivity index (χ0) is 14.5. The highest BCUT2D eigenvalue weighted by Crippen LogP contribution is 2.34. The molecule has 5 heteroatoms. The van der Waals surface area contributed by atoms with E-state index in [1.165, 1.54) is 0 Å². The molecule has 2 rings (SSSR count). The van der Waals surface area contributed by atoms with Crippen LogP contribution in [0.4, 0.5) is 0 Å². The second-order valence-electron chi connectivity index (χ2n) is 4.02. The van der Waals surface area contributed by atoms with E-state index in [1.807, 2.05) is 24.3 Å². The lowest BCUT2D eigenvalue weighted by Crippen LogP contribution is -2.00. The van der Waals surface area contributed by atoms with E-state index in [4.69, 9.17) is 14.7 Å². The van der Waals surface area contributed by atoms with Crippen LogP contribution in [-0.4, -0.2) is 7.11 Å². The van der Waals surface area contributed by atoms with Gasteiger partial charge in [0.15, 0.2) is 11.5 Å². The van der Waals surface area contributed by atoms with E-state index in [0.717, 1.165) is 13.6 Å². The maximum atomic E-state index is 8.96. The number of benzene rings is 2. The first-order valence-corrected chi connectivity index (χ1v) is 7.66. The Morgan fingerprint density at radius 1 is 1.30 bits per heavy atom. The summed E-state index contributed by atoms with van der Waals surface area (Å²) >= 11 is 5.57. The van der Waals surface area contributed by atoms with Crippen LogP contribution < -0.4 is 9.47 Å². The minimum absolute atomic E-state index is 0.442. The average Bonchev–Trinajstić information content (AvgIpc) is 2.45. The third-order valence-corrected chi connectivity index (χ3v) is 3.93. The predicted octanol–water partition coefficient (Wildman–Crippen LogP) is 4.51. The van der Waals surface area contributed by atoms with Crippen molar-refractivity contribution < 1.29 is 9.47 Å². The molecule has 0 aromatic heterocycles. The monoisotopic (exact) mass is 443 g/mol. The molecule has 0 spiro atoms. The summed E-state index contributed by atoms with van der Waals surface area (Å²) in [6.45, 7) is 0.442.